The molecule has 164 valence electrons. The summed E-state index contributed by atoms with van der Waals surface area (Å²) < 4.78 is 0. The van der Waals surface area contributed by atoms with Crippen molar-refractivity contribution in [2.75, 3.05) is 37.4 Å². The first-order chi connectivity index (χ1) is 14.8. The Hall–Kier alpha value is -3.20. The summed E-state index contributed by atoms with van der Waals surface area (Å²) in [5.74, 6) is -0.191. The molecule has 3 amide bonds. The fourth-order valence-corrected chi connectivity index (χ4v) is 4.80. The van der Waals surface area contributed by atoms with Crippen LogP contribution in [0.25, 0.3) is 0 Å². The minimum absolute atomic E-state index is 0.0263. The molecule has 2 aliphatic rings. The Balaban J connectivity index is 1.46. The summed E-state index contributed by atoms with van der Waals surface area (Å²) >= 11 is 0. The summed E-state index contributed by atoms with van der Waals surface area (Å²) in [5.41, 5.74) is 6.79. The molecule has 4 N–H and O–H groups in total. The lowest BCUT2D eigenvalue weighted by molar-refractivity contribution is -0.116. The van der Waals surface area contributed by atoms with Gasteiger partial charge in [0, 0.05) is 5.54 Å². The highest BCUT2D eigenvalue weighted by Gasteiger charge is 2.50. The second kappa shape index (κ2) is 8.14. The molecule has 0 radical (unpaired) electrons. The predicted octanol–water partition coefficient (Wildman–Crippen LogP) is 1.67. The van der Waals surface area contributed by atoms with E-state index in [1.807, 2.05) is 6.07 Å². The molecule has 1 saturated heterocycles. The van der Waals surface area contributed by atoms with Gasteiger partial charge in [-0.1, -0.05) is 30.3 Å². The average molecular weight is 424 g/mol. The number of hydrogen-bond acceptors (Lipinski definition) is 6. The zero-order valence-electron chi connectivity index (χ0n) is 18.0. The van der Waals surface area contributed by atoms with Crippen molar-refractivity contribution in [1.82, 2.24) is 20.2 Å². The topological polar surface area (TPSA) is 116 Å². The maximum absolute atomic E-state index is 12.8. The molecule has 1 aliphatic heterocycles. The lowest BCUT2D eigenvalue weighted by Gasteiger charge is -2.48. The van der Waals surface area contributed by atoms with Gasteiger partial charge in [-0.3, -0.25) is 14.6 Å². The van der Waals surface area contributed by atoms with E-state index in [4.69, 9.17) is 5.73 Å². The number of nitrogens with one attached hydrogen (secondary N) is 2. The number of primary amides is 1. The molecule has 31 heavy (non-hydrogen) atoms. The van der Waals surface area contributed by atoms with E-state index in [-0.39, 0.29) is 23.7 Å². The van der Waals surface area contributed by atoms with Crippen LogP contribution >= 0.6 is 0 Å². The first-order valence-corrected chi connectivity index (χ1v) is 10.5. The van der Waals surface area contributed by atoms with Crippen LogP contribution in [0.5, 0.6) is 0 Å². The lowest BCUT2D eigenvalue weighted by atomic mass is 9.69. The van der Waals surface area contributed by atoms with Gasteiger partial charge < -0.3 is 16.4 Å². The van der Waals surface area contributed by atoms with Gasteiger partial charge in [0.25, 0.3) is 0 Å². The molecule has 2 heterocycles. The van der Waals surface area contributed by atoms with Gasteiger partial charge in [0.15, 0.2) is 0 Å². The number of urea groups is 1. The molecule has 0 unspecified atom stereocenters. The van der Waals surface area contributed by atoms with Crippen molar-refractivity contribution < 1.29 is 9.59 Å². The molecule has 0 bridgehead atoms. The van der Waals surface area contributed by atoms with Crippen molar-refractivity contribution >= 4 is 23.6 Å². The maximum atomic E-state index is 12.8. The highest BCUT2D eigenvalue weighted by atomic mass is 16.2. The molecule has 1 aromatic carbocycles. The van der Waals surface area contributed by atoms with Crippen LogP contribution in [0.2, 0.25) is 0 Å². The van der Waals surface area contributed by atoms with Crippen molar-refractivity contribution in [1.29, 1.82) is 0 Å². The predicted molar refractivity (Wildman–Crippen MR) is 119 cm³/mol. The van der Waals surface area contributed by atoms with Crippen LogP contribution in [0, 0.1) is 0 Å². The van der Waals surface area contributed by atoms with Gasteiger partial charge in [-0.25, -0.2) is 14.8 Å². The number of carbonyl (C=O) groups excluding carboxylic acids is 2. The summed E-state index contributed by atoms with van der Waals surface area (Å²) in [5, 5.41) is 5.98. The molecule has 9 heteroatoms. The van der Waals surface area contributed by atoms with E-state index in [1.165, 1.54) is 5.56 Å². The van der Waals surface area contributed by atoms with Crippen LogP contribution in [-0.2, 0) is 10.3 Å². The van der Waals surface area contributed by atoms with Crippen molar-refractivity contribution in [3.05, 3.63) is 48.3 Å². The minimum Gasteiger partial charge on any atom is -0.368 e. The van der Waals surface area contributed by atoms with E-state index in [0.717, 1.165) is 25.7 Å². The maximum Gasteiger partial charge on any atom is 0.322 e. The van der Waals surface area contributed by atoms with Crippen LogP contribution in [0.3, 0.4) is 0 Å². The highest BCUT2D eigenvalue weighted by molar-refractivity contribution is 5.95. The van der Waals surface area contributed by atoms with E-state index in [9.17, 15) is 9.59 Å². The Morgan fingerprint density at radius 1 is 1.16 bits per heavy atom. The Labute approximate surface area is 182 Å². The van der Waals surface area contributed by atoms with Crippen molar-refractivity contribution in [3.63, 3.8) is 0 Å². The molecule has 1 aromatic heterocycles. The molecule has 1 spiro atoms. The molecule has 2 fully saturated rings. The van der Waals surface area contributed by atoms with Crippen molar-refractivity contribution in [2.24, 2.45) is 5.73 Å². The minimum atomic E-state index is -0.491. The normalized spacial score (nSPS) is 25.6. The zero-order chi connectivity index (χ0) is 22.1. The summed E-state index contributed by atoms with van der Waals surface area (Å²) in [4.78, 5) is 36.1. The molecule has 0 atom stereocenters. The highest BCUT2D eigenvalue weighted by Crippen LogP contribution is 2.46. The second-order valence-corrected chi connectivity index (χ2v) is 8.67. The Morgan fingerprint density at radius 3 is 2.39 bits per heavy atom. The number of carbonyl (C=O) groups is 2. The molecule has 1 saturated carbocycles. The van der Waals surface area contributed by atoms with Gasteiger partial charge >= 0.3 is 6.03 Å². The molecule has 1 aliphatic carbocycles. The van der Waals surface area contributed by atoms with Crippen LogP contribution in [-0.4, -0.2) is 59.5 Å². The van der Waals surface area contributed by atoms with Crippen molar-refractivity contribution in [2.45, 2.75) is 36.8 Å². The monoisotopic (exact) mass is 423 g/mol. The van der Waals surface area contributed by atoms with Gasteiger partial charge in [-0.05, 0) is 45.3 Å². The summed E-state index contributed by atoms with van der Waals surface area (Å²) in [7, 11) is 4.27. The number of nitrogens with two attached hydrogens (primary N) is 1. The third-order valence-electron chi connectivity index (χ3n) is 6.65. The summed E-state index contributed by atoms with van der Waals surface area (Å²) in [6, 6.07) is 10.5. The first-order valence-electron chi connectivity index (χ1n) is 10.5. The Kier molecular flexibility index (Phi) is 5.53. The van der Waals surface area contributed by atoms with E-state index in [0.29, 0.717) is 18.2 Å². The number of nitrogens with zero attached hydrogens (tertiary/aromatic N) is 4. The van der Waals surface area contributed by atoms with Gasteiger partial charge in [0.1, 0.15) is 0 Å². The van der Waals surface area contributed by atoms with E-state index >= 15 is 0 Å². The van der Waals surface area contributed by atoms with E-state index < -0.39 is 5.91 Å². The molecule has 9 nitrogen and oxygen atoms in total. The number of rotatable bonds is 6. The van der Waals surface area contributed by atoms with Crippen LogP contribution < -0.4 is 21.3 Å². The first kappa shape index (κ1) is 21.0. The van der Waals surface area contributed by atoms with Crippen LogP contribution in [0.4, 0.5) is 16.4 Å². The zero-order valence-corrected chi connectivity index (χ0v) is 18.0. The van der Waals surface area contributed by atoms with Crippen molar-refractivity contribution in [3.8, 4) is 0 Å². The Morgan fingerprint density at radius 2 is 1.81 bits per heavy atom. The van der Waals surface area contributed by atoms with Crippen LogP contribution in [0.15, 0.2) is 42.7 Å². The third kappa shape index (κ3) is 4.05. The van der Waals surface area contributed by atoms with Gasteiger partial charge in [-0.2, -0.15) is 0 Å². The smallest absolute Gasteiger partial charge is 0.322 e. The summed E-state index contributed by atoms with van der Waals surface area (Å²) in [6.45, 7) is 0.545. The van der Waals surface area contributed by atoms with Gasteiger partial charge in [0.05, 0.1) is 36.7 Å². The standard InChI is InChI=1S/C22H29N7O2/c1-28(2)22(16-6-4-3-5-7-16)10-8-21(9-11-22)15-29(20(31)27-21)17-12-24-19(25-13-17)26-14-18(23)30/h3-7,12-13H,8-11,14-15H2,1-2H3,(H2,23,30)(H,27,31)(H,24,25,26)/t21-,22-. The number of aromatic nitrogens is 2. The molecule has 2 aromatic rings. The molecular weight excluding hydrogens is 394 g/mol. The van der Waals surface area contributed by atoms with Crippen LogP contribution in [0.1, 0.15) is 31.2 Å². The number of amides is 3. The molecule has 4 rings (SSSR count). The molecular formula is C22H29N7O2. The fraction of sp³-hybridized carbons (Fsp3) is 0.455. The third-order valence-corrected chi connectivity index (χ3v) is 6.65. The quantitative estimate of drug-likeness (QED) is 0.651. The average Bonchev–Trinajstić information content (AvgIpc) is 3.09. The lowest BCUT2D eigenvalue weighted by Crippen LogP contribution is -2.54. The van der Waals surface area contributed by atoms with Gasteiger partial charge in [-0.15, -0.1) is 0 Å². The number of benzene rings is 1. The number of hydrogen-bond donors (Lipinski definition) is 3. The second-order valence-electron chi connectivity index (χ2n) is 8.67. The van der Waals surface area contributed by atoms with E-state index in [1.54, 1.807) is 17.3 Å². The Bertz CT molecular complexity index is 938. The number of anilines is 2. The fourth-order valence-electron chi connectivity index (χ4n) is 4.80. The largest absolute Gasteiger partial charge is 0.368 e. The van der Waals surface area contributed by atoms with E-state index in [2.05, 4.69) is 63.9 Å². The SMILES string of the molecule is CN(C)[C@]1(c2ccccc2)CC[C@@]2(CC1)CN(c1cnc(NCC(N)=O)nc1)C(=O)N2. The van der Waals surface area contributed by atoms with Gasteiger partial charge in [0.2, 0.25) is 11.9 Å². The summed E-state index contributed by atoms with van der Waals surface area (Å²) in [6.07, 6.45) is 6.88.